The summed E-state index contributed by atoms with van der Waals surface area (Å²) in [5.41, 5.74) is 5.49. The standard InChI is InChI=1S/C7H10N4OS/c1-4(12)9-6-3-5(8)10-7(11-6)13-2/h3H,1-2H3,(H3,8,9,10,11,12). The number of nitrogens with one attached hydrogen (secondary N) is 1. The first-order valence-electron chi connectivity index (χ1n) is 3.58. The van der Waals surface area contributed by atoms with Crippen LogP contribution in [-0.2, 0) is 4.79 Å². The average Bonchev–Trinajstić information content (AvgIpc) is 2.01. The summed E-state index contributed by atoms with van der Waals surface area (Å²) in [7, 11) is 0. The van der Waals surface area contributed by atoms with Crippen molar-refractivity contribution in [2.24, 2.45) is 0 Å². The summed E-state index contributed by atoms with van der Waals surface area (Å²) in [5.74, 6) is 0.609. The first kappa shape index (κ1) is 9.79. The van der Waals surface area contributed by atoms with Gasteiger partial charge in [0.25, 0.3) is 0 Å². The van der Waals surface area contributed by atoms with Crippen molar-refractivity contribution in [3.63, 3.8) is 0 Å². The third-order valence-corrected chi connectivity index (χ3v) is 1.76. The smallest absolute Gasteiger partial charge is 0.222 e. The van der Waals surface area contributed by atoms with Crippen LogP contribution in [0.15, 0.2) is 11.2 Å². The minimum atomic E-state index is -0.176. The van der Waals surface area contributed by atoms with Crippen LogP contribution in [0, 0.1) is 0 Å². The Morgan fingerprint density at radius 3 is 2.85 bits per heavy atom. The van der Waals surface area contributed by atoms with Crippen molar-refractivity contribution in [1.82, 2.24) is 9.97 Å². The first-order chi connectivity index (χ1) is 6.11. The molecule has 1 aromatic heterocycles. The maximum atomic E-state index is 10.7. The summed E-state index contributed by atoms with van der Waals surface area (Å²) in [6, 6.07) is 1.52. The third-order valence-electron chi connectivity index (χ3n) is 1.21. The van der Waals surface area contributed by atoms with Gasteiger partial charge < -0.3 is 11.1 Å². The molecular formula is C7H10N4OS. The Morgan fingerprint density at radius 1 is 1.62 bits per heavy atom. The van der Waals surface area contributed by atoms with Crippen molar-refractivity contribution in [3.05, 3.63) is 6.07 Å². The summed E-state index contributed by atoms with van der Waals surface area (Å²) in [6.45, 7) is 1.41. The maximum Gasteiger partial charge on any atom is 0.222 e. The molecule has 0 bridgehead atoms. The highest BCUT2D eigenvalue weighted by Gasteiger charge is 2.02. The molecule has 0 aromatic carbocycles. The molecule has 0 fully saturated rings. The van der Waals surface area contributed by atoms with Crippen LogP contribution in [-0.4, -0.2) is 22.1 Å². The lowest BCUT2D eigenvalue weighted by Gasteiger charge is -2.03. The van der Waals surface area contributed by atoms with Crippen molar-refractivity contribution in [1.29, 1.82) is 0 Å². The zero-order chi connectivity index (χ0) is 9.84. The van der Waals surface area contributed by atoms with Gasteiger partial charge in [0.05, 0.1) is 0 Å². The van der Waals surface area contributed by atoms with Gasteiger partial charge in [0, 0.05) is 13.0 Å². The Labute approximate surface area is 80.1 Å². The summed E-state index contributed by atoms with van der Waals surface area (Å²) in [4.78, 5) is 18.7. The SMILES string of the molecule is CSc1nc(N)cc(NC(C)=O)n1. The highest BCUT2D eigenvalue weighted by atomic mass is 32.2. The van der Waals surface area contributed by atoms with Crippen LogP contribution in [0.4, 0.5) is 11.6 Å². The first-order valence-corrected chi connectivity index (χ1v) is 4.80. The number of nitrogens with zero attached hydrogens (tertiary/aromatic N) is 2. The summed E-state index contributed by atoms with van der Waals surface area (Å²) >= 11 is 1.37. The molecule has 0 aliphatic rings. The lowest BCUT2D eigenvalue weighted by molar-refractivity contribution is -0.114. The van der Waals surface area contributed by atoms with Crippen LogP contribution in [0.5, 0.6) is 0 Å². The zero-order valence-corrected chi connectivity index (χ0v) is 8.18. The number of carbonyl (C=O) groups excluding carboxylic acids is 1. The average molecular weight is 198 g/mol. The molecule has 13 heavy (non-hydrogen) atoms. The molecule has 0 radical (unpaired) electrons. The molecule has 70 valence electrons. The van der Waals surface area contributed by atoms with Gasteiger partial charge in [-0.15, -0.1) is 0 Å². The van der Waals surface area contributed by atoms with Crippen molar-refractivity contribution in [2.45, 2.75) is 12.1 Å². The van der Waals surface area contributed by atoms with Crippen LogP contribution >= 0.6 is 11.8 Å². The molecule has 1 heterocycles. The minimum Gasteiger partial charge on any atom is -0.383 e. The van der Waals surface area contributed by atoms with Crippen LogP contribution in [0.3, 0.4) is 0 Å². The molecule has 1 aromatic rings. The molecular weight excluding hydrogens is 188 g/mol. The quantitative estimate of drug-likeness (QED) is 0.541. The molecule has 0 atom stereocenters. The number of carbonyl (C=O) groups is 1. The van der Waals surface area contributed by atoms with E-state index in [9.17, 15) is 4.79 Å². The van der Waals surface area contributed by atoms with Gasteiger partial charge in [0.1, 0.15) is 11.6 Å². The fraction of sp³-hybridized carbons (Fsp3) is 0.286. The number of nitrogens with two attached hydrogens (primary N) is 1. The number of hydrogen-bond acceptors (Lipinski definition) is 5. The van der Waals surface area contributed by atoms with Gasteiger partial charge in [-0.3, -0.25) is 4.79 Å². The van der Waals surface area contributed by atoms with Gasteiger partial charge >= 0.3 is 0 Å². The number of amides is 1. The predicted octanol–water partition coefficient (Wildman–Crippen LogP) is 0.739. The number of thioether (sulfide) groups is 1. The predicted molar refractivity (Wildman–Crippen MR) is 52.5 cm³/mol. The van der Waals surface area contributed by atoms with Gasteiger partial charge in [0.15, 0.2) is 5.16 Å². The molecule has 0 aliphatic carbocycles. The van der Waals surface area contributed by atoms with Crippen molar-refractivity contribution in [2.75, 3.05) is 17.3 Å². The summed E-state index contributed by atoms with van der Waals surface area (Å²) < 4.78 is 0. The van der Waals surface area contributed by atoms with Crippen LogP contribution in [0.2, 0.25) is 0 Å². The number of nitrogen functional groups attached to an aromatic ring is 1. The van der Waals surface area contributed by atoms with Crippen molar-refractivity contribution < 1.29 is 4.79 Å². The van der Waals surface area contributed by atoms with E-state index in [1.807, 2.05) is 6.26 Å². The summed E-state index contributed by atoms with van der Waals surface area (Å²) in [5, 5.41) is 3.08. The second-order valence-corrected chi connectivity index (χ2v) is 3.12. The van der Waals surface area contributed by atoms with Crippen molar-refractivity contribution in [3.8, 4) is 0 Å². The van der Waals surface area contributed by atoms with E-state index < -0.39 is 0 Å². The van der Waals surface area contributed by atoms with Gasteiger partial charge in [-0.1, -0.05) is 11.8 Å². The van der Waals surface area contributed by atoms with Crippen LogP contribution in [0.25, 0.3) is 0 Å². The topological polar surface area (TPSA) is 80.9 Å². The largest absolute Gasteiger partial charge is 0.383 e. The molecule has 0 unspecified atom stereocenters. The van der Waals surface area contributed by atoms with E-state index in [1.54, 1.807) is 0 Å². The van der Waals surface area contributed by atoms with Crippen LogP contribution < -0.4 is 11.1 Å². The van der Waals surface area contributed by atoms with Crippen molar-refractivity contribution >= 4 is 29.3 Å². The van der Waals surface area contributed by atoms with E-state index in [0.29, 0.717) is 16.8 Å². The Kier molecular flexibility index (Phi) is 3.07. The van der Waals surface area contributed by atoms with E-state index in [4.69, 9.17) is 5.73 Å². The second kappa shape index (κ2) is 4.08. The Hall–Kier alpha value is -1.30. The molecule has 0 spiro atoms. The van der Waals surface area contributed by atoms with Gasteiger partial charge in [-0.05, 0) is 6.26 Å². The molecule has 3 N–H and O–H groups in total. The zero-order valence-electron chi connectivity index (χ0n) is 7.37. The fourth-order valence-electron chi connectivity index (χ4n) is 0.779. The number of aromatic nitrogens is 2. The van der Waals surface area contributed by atoms with Gasteiger partial charge in [0.2, 0.25) is 5.91 Å². The van der Waals surface area contributed by atoms with E-state index in [0.717, 1.165) is 0 Å². The maximum absolute atomic E-state index is 10.7. The molecule has 1 rings (SSSR count). The number of hydrogen-bond donors (Lipinski definition) is 2. The lowest BCUT2D eigenvalue weighted by atomic mass is 10.5. The molecule has 5 nitrogen and oxygen atoms in total. The number of rotatable bonds is 2. The van der Waals surface area contributed by atoms with E-state index >= 15 is 0 Å². The van der Waals surface area contributed by atoms with Gasteiger partial charge in [-0.25, -0.2) is 9.97 Å². The molecule has 0 aliphatic heterocycles. The van der Waals surface area contributed by atoms with E-state index in [-0.39, 0.29) is 5.91 Å². The third kappa shape index (κ3) is 2.90. The number of anilines is 2. The van der Waals surface area contributed by atoms with Crippen LogP contribution in [0.1, 0.15) is 6.92 Å². The normalized spacial score (nSPS) is 9.69. The Morgan fingerprint density at radius 2 is 2.31 bits per heavy atom. The minimum absolute atomic E-state index is 0.176. The Balaban J connectivity index is 2.94. The lowest BCUT2D eigenvalue weighted by Crippen LogP contribution is -2.09. The van der Waals surface area contributed by atoms with E-state index in [1.165, 1.54) is 24.8 Å². The molecule has 6 heteroatoms. The second-order valence-electron chi connectivity index (χ2n) is 2.35. The van der Waals surface area contributed by atoms with E-state index in [2.05, 4.69) is 15.3 Å². The highest BCUT2D eigenvalue weighted by Crippen LogP contribution is 2.14. The molecule has 0 saturated carbocycles. The summed E-state index contributed by atoms with van der Waals surface area (Å²) in [6.07, 6.45) is 1.84. The molecule has 0 saturated heterocycles. The monoisotopic (exact) mass is 198 g/mol. The fourth-order valence-corrected chi connectivity index (χ4v) is 1.17. The Bertz CT molecular complexity index is 328. The highest BCUT2D eigenvalue weighted by molar-refractivity contribution is 7.98. The molecule has 1 amide bonds. The van der Waals surface area contributed by atoms with Gasteiger partial charge in [-0.2, -0.15) is 0 Å².